The van der Waals surface area contributed by atoms with Gasteiger partial charge in [-0.25, -0.2) is 9.78 Å². The van der Waals surface area contributed by atoms with Crippen LogP contribution < -0.4 is 10.6 Å². The van der Waals surface area contributed by atoms with E-state index in [2.05, 4.69) is 30.8 Å². The maximum Gasteiger partial charge on any atom is 0.390 e. The fourth-order valence-electron chi connectivity index (χ4n) is 2.12. The van der Waals surface area contributed by atoms with Crippen molar-refractivity contribution in [3.8, 4) is 11.1 Å². The lowest BCUT2D eigenvalue weighted by atomic mass is 10.1. The van der Waals surface area contributed by atoms with Crippen LogP contribution in [0.3, 0.4) is 0 Å². The molecule has 0 saturated carbocycles. The van der Waals surface area contributed by atoms with Crippen molar-refractivity contribution in [2.45, 2.75) is 12.6 Å². The maximum atomic E-state index is 12.1. The molecule has 0 fully saturated rings. The molecule has 10 heteroatoms. The number of anilines is 1. The first-order valence-corrected chi connectivity index (χ1v) is 7.28. The van der Waals surface area contributed by atoms with Crippen molar-refractivity contribution in [2.75, 3.05) is 11.9 Å². The Balaban J connectivity index is 1.71. The summed E-state index contributed by atoms with van der Waals surface area (Å²) in [5.74, 6) is 0.211. The zero-order valence-electron chi connectivity index (χ0n) is 12.8. The van der Waals surface area contributed by atoms with Gasteiger partial charge in [-0.15, -0.1) is 0 Å². The molecule has 0 aromatic carbocycles. The Morgan fingerprint density at radius 3 is 2.72 bits per heavy atom. The molecule has 0 saturated heterocycles. The van der Waals surface area contributed by atoms with Gasteiger partial charge in [-0.2, -0.15) is 18.3 Å². The molecule has 3 rings (SSSR count). The summed E-state index contributed by atoms with van der Waals surface area (Å²) in [6.45, 7) is -0.505. The first-order chi connectivity index (χ1) is 11.9. The van der Waals surface area contributed by atoms with Crippen LogP contribution >= 0.6 is 0 Å². The summed E-state index contributed by atoms with van der Waals surface area (Å²) in [6, 6.07) is 4.21. The third kappa shape index (κ3) is 4.43. The number of pyridine rings is 2. The number of halogens is 3. The quantitative estimate of drug-likeness (QED) is 0.674. The molecule has 25 heavy (non-hydrogen) atoms. The SMILES string of the molecule is O=C(NCCC(F)(F)F)Nc1ccc2ncc(-c3cn[nH]c3)cc2n1. The van der Waals surface area contributed by atoms with Gasteiger partial charge in [0.15, 0.2) is 0 Å². The minimum atomic E-state index is -4.32. The van der Waals surface area contributed by atoms with E-state index < -0.39 is 25.2 Å². The number of amides is 2. The van der Waals surface area contributed by atoms with Gasteiger partial charge in [-0.05, 0) is 18.2 Å². The normalized spacial score (nSPS) is 11.5. The molecule has 0 radical (unpaired) electrons. The number of hydrogen-bond donors (Lipinski definition) is 3. The summed E-state index contributed by atoms with van der Waals surface area (Å²) in [5, 5.41) is 11.1. The van der Waals surface area contributed by atoms with Crippen LogP contribution in [0.5, 0.6) is 0 Å². The molecular formula is C15H13F3N6O. The fraction of sp³-hybridized carbons (Fsp3) is 0.200. The Morgan fingerprint density at radius 1 is 1.16 bits per heavy atom. The number of nitrogens with zero attached hydrogens (tertiary/aromatic N) is 3. The van der Waals surface area contributed by atoms with Crippen molar-refractivity contribution in [3.63, 3.8) is 0 Å². The molecule has 0 aliphatic heterocycles. The zero-order chi connectivity index (χ0) is 17.9. The minimum absolute atomic E-state index is 0.211. The number of H-pyrrole nitrogens is 1. The number of urea groups is 1. The number of nitrogens with one attached hydrogen (secondary N) is 3. The van der Waals surface area contributed by atoms with Crippen molar-refractivity contribution in [3.05, 3.63) is 36.8 Å². The van der Waals surface area contributed by atoms with E-state index in [9.17, 15) is 18.0 Å². The van der Waals surface area contributed by atoms with Gasteiger partial charge in [0.1, 0.15) is 5.82 Å². The third-order valence-electron chi connectivity index (χ3n) is 3.30. The molecule has 0 atom stereocenters. The van der Waals surface area contributed by atoms with Crippen LogP contribution in [0, 0.1) is 0 Å². The monoisotopic (exact) mass is 350 g/mol. The van der Waals surface area contributed by atoms with Crippen molar-refractivity contribution < 1.29 is 18.0 Å². The molecule has 3 N–H and O–H groups in total. The summed E-state index contributed by atoms with van der Waals surface area (Å²) in [4.78, 5) is 20.2. The molecule has 130 valence electrons. The molecule has 2 amide bonds. The van der Waals surface area contributed by atoms with Gasteiger partial charge < -0.3 is 5.32 Å². The molecule has 0 aliphatic carbocycles. The number of carbonyl (C=O) groups is 1. The first kappa shape index (κ1) is 16.7. The van der Waals surface area contributed by atoms with E-state index in [-0.39, 0.29) is 5.82 Å². The number of fused-ring (bicyclic) bond motifs is 1. The van der Waals surface area contributed by atoms with Crippen LogP contribution in [0.1, 0.15) is 6.42 Å². The van der Waals surface area contributed by atoms with Crippen LogP contribution in [0.25, 0.3) is 22.2 Å². The summed E-state index contributed by atoms with van der Waals surface area (Å²) in [7, 11) is 0. The van der Waals surface area contributed by atoms with Crippen LogP contribution in [-0.2, 0) is 0 Å². The van der Waals surface area contributed by atoms with Crippen LogP contribution in [-0.4, -0.2) is 38.9 Å². The van der Waals surface area contributed by atoms with E-state index in [1.807, 2.05) is 0 Å². The second-order valence-corrected chi connectivity index (χ2v) is 5.19. The highest BCUT2D eigenvalue weighted by Gasteiger charge is 2.26. The Bertz CT molecular complexity index is 879. The van der Waals surface area contributed by atoms with Gasteiger partial charge in [0.05, 0.1) is 23.7 Å². The Hall–Kier alpha value is -3.17. The lowest BCUT2D eigenvalue weighted by Crippen LogP contribution is -2.32. The van der Waals surface area contributed by atoms with Crippen LogP contribution in [0.4, 0.5) is 23.8 Å². The van der Waals surface area contributed by atoms with Gasteiger partial charge in [0, 0.05) is 30.1 Å². The van der Waals surface area contributed by atoms with Crippen molar-refractivity contribution in [1.82, 2.24) is 25.5 Å². The standard InChI is InChI=1S/C15H13F3N6O/c16-15(17,18)3-4-19-14(25)24-13-2-1-11-12(23-13)5-9(6-20-11)10-7-21-22-8-10/h1-2,5-8H,3-4H2,(H,21,22)(H2,19,23,24,25). The topological polar surface area (TPSA) is 95.6 Å². The van der Waals surface area contributed by atoms with Gasteiger partial charge in [-0.3, -0.25) is 15.4 Å². The summed E-state index contributed by atoms with van der Waals surface area (Å²) in [6.07, 6.45) is -0.392. The van der Waals surface area contributed by atoms with Gasteiger partial charge in [0.25, 0.3) is 0 Å². The van der Waals surface area contributed by atoms with Crippen LogP contribution in [0.2, 0.25) is 0 Å². The van der Waals surface area contributed by atoms with E-state index in [1.54, 1.807) is 30.7 Å². The smallest absolute Gasteiger partial charge is 0.337 e. The minimum Gasteiger partial charge on any atom is -0.337 e. The molecule has 0 aliphatic rings. The van der Waals surface area contributed by atoms with E-state index in [4.69, 9.17) is 0 Å². The lowest BCUT2D eigenvalue weighted by molar-refractivity contribution is -0.132. The molecular weight excluding hydrogens is 337 g/mol. The molecule has 0 spiro atoms. The molecule has 3 aromatic rings. The van der Waals surface area contributed by atoms with Gasteiger partial charge in [0.2, 0.25) is 0 Å². The highest BCUT2D eigenvalue weighted by atomic mass is 19.4. The molecule has 0 bridgehead atoms. The largest absolute Gasteiger partial charge is 0.390 e. The van der Waals surface area contributed by atoms with E-state index >= 15 is 0 Å². The fourth-order valence-corrected chi connectivity index (χ4v) is 2.12. The van der Waals surface area contributed by atoms with Crippen molar-refractivity contribution in [2.24, 2.45) is 0 Å². The maximum absolute atomic E-state index is 12.1. The Morgan fingerprint density at radius 2 is 2.00 bits per heavy atom. The number of alkyl halides is 3. The summed E-state index contributed by atoms with van der Waals surface area (Å²) >= 11 is 0. The van der Waals surface area contributed by atoms with E-state index in [1.165, 1.54) is 6.07 Å². The molecule has 3 aromatic heterocycles. The predicted molar refractivity (Wildman–Crippen MR) is 84.8 cm³/mol. The highest BCUT2D eigenvalue weighted by Crippen LogP contribution is 2.22. The van der Waals surface area contributed by atoms with Gasteiger partial charge in [-0.1, -0.05) is 0 Å². The number of rotatable bonds is 4. The Kier molecular flexibility index (Phi) is 4.50. The number of hydrogen-bond acceptors (Lipinski definition) is 4. The average Bonchev–Trinajstić information content (AvgIpc) is 3.07. The van der Waals surface area contributed by atoms with E-state index in [0.29, 0.717) is 11.0 Å². The first-order valence-electron chi connectivity index (χ1n) is 7.28. The highest BCUT2D eigenvalue weighted by molar-refractivity contribution is 5.90. The number of aromatic nitrogens is 4. The molecule has 3 heterocycles. The predicted octanol–water partition coefficient (Wildman–Crippen LogP) is 3.09. The van der Waals surface area contributed by atoms with Crippen molar-refractivity contribution >= 4 is 22.9 Å². The number of carbonyl (C=O) groups excluding carboxylic acids is 1. The Labute approximate surface area is 139 Å². The number of aromatic amines is 1. The second-order valence-electron chi connectivity index (χ2n) is 5.19. The van der Waals surface area contributed by atoms with Gasteiger partial charge >= 0.3 is 12.2 Å². The average molecular weight is 350 g/mol. The third-order valence-corrected chi connectivity index (χ3v) is 3.30. The summed E-state index contributed by atoms with van der Waals surface area (Å²) in [5.41, 5.74) is 2.78. The zero-order valence-corrected chi connectivity index (χ0v) is 12.8. The van der Waals surface area contributed by atoms with E-state index in [0.717, 1.165) is 11.1 Å². The lowest BCUT2D eigenvalue weighted by Gasteiger charge is -2.09. The van der Waals surface area contributed by atoms with Crippen LogP contribution in [0.15, 0.2) is 36.8 Å². The second kappa shape index (κ2) is 6.75. The molecule has 0 unspecified atom stereocenters. The summed E-state index contributed by atoms with van der Waals surface area (Å²) < 4.78 is 36.2. The van der Waals surface area contributed by atoms with Crippen molar-refractivity contribution in [1.29, 1.82) is 0 Å². The molecule has 7 nitrogen and oxygen atoms in total.